The lowest BCUT2D eigenvalue weighted by molar-refractivity contribution is -0.147. The fourth-order valence-electron chi connectivity index (χ4n) is 4.45. The number of esters is 1. The minimum atomic E-state index is -4.39. The zero-order chi connectivity index (χ0) is 32.6. The molecule has 0 aliphatic heterocycles. The summed E-state index contributed by atoms with van der Waals surface area (Å²) in [6, 6.07) is 0. The average Bonchev–Trinajstić information content (AvgIpc) is 3.00. The molecule has 44 heavy (non-hydrogen) atoms. The highest BCUT2D eigenvalue weighted by molar-refractivity contribution is 7.47. The molecule has 0 heterocycles. The molecule has 0 aromatic carbocycles. The lowest BCUT2D eigenvalue weighted by atomic mass is 10.0. The van der Waals surface area contributed by atoms with Gasteiger partial charge in [0.2, 0.25) is 5.91 Å². The molecule has 3 N–H and O–H groups in total. The Hall–Kier alpha value is -1.51. The highest BCUT2D eigenvalue weighted by Crippen LogP contribution is 2.42. The van der Waals surface area contributed by atoms with Crippen LogP contribution in [0.4, 0.5) is 0 Å². The van der Waals surface area contributed by atoms with E-state index >= 15 is 0 Å². The van der Waals surface area contributed by atoms with Crippen molar-refractivity contribution in [3.8, 4) is 0 Å². The SMILES string of the molecule is CCCCC/C=C\C/C=C\CCCCCCCCCCCCCC(=O)NCCOP(=O)(O)OCC(O)COC(=O)CCCC. The number of rotatable bonds is 32. The van der Waals surface area contributed by atoms with E-state index in [2.05, 4.69) is 36.5 Å². The summed E-state index contributed by atoms with van der Waals surface area (Å²) in [5, 5.41) is 12.4. The van der Waals surface area contributed by atoms with E-state index in [1.54, 1.807) is 0 Å². The van der Waals surface area contributed by atoms with E-state index in [1.165, 1.54) is 83.5 Å². The van der Waals surface area contributed by atoms with Crippen LogP contribution in [0.25, 0.3) is 0 Å². The summed E-state index contributed by atoms with van der Waals surface area (Å²) >= 11 is 0. The molecule has 0 rings (SSSR count). The number of phosphoric acid groups is 1. The van der Waals surface area contributed by atoms with Gasteiger partial charge < -0.3 is 20.1 Å². The number of ether oxygens (including phenoxy) is 1. The second kappa shape index (κ2) is 31.5. The van der Waals surface area contributed by atoms with Crippen molar-refractivity contribution in [2.75, 3.05) is 26.4 Å². The van der Waals surface area contributed by atoms with Gasteiger partial charge in [-0.2, -0.15) is 0 Å². The molecular weight excluding hydrogens is 581 g/mol. The topological polar surface area (TPSA) is 131 Å². The molecule has 2 atom stereocenters. The van der Waals surface area contributed by atoms with E-state index in [0.29, 0.717) is 12.8 Å². The second-order valence-corrected chi connectivity index (χ2v) is 12.9. The van der Waals surface area contributed by atoms with Crippen molar-refractivity contribution in [2.45, 2.75) is 155 Å². The maximum atomic E-state index is 12.0. The van der Waals surface area contributed by atoms with Crippen LogP contribution in [0.1, 0.15) is 149 Å². The number of allylic oxidation sites excluding steroid dienone is 4. The quantitative estimate of drug-likeness (QED) is 0.0287. The Bertz CT molecular complexity index is 789. The molecular formula is C34H64NO8P. The largest absolute Gasteiger partial charge is 0.472 e. The van der Waals surface area contributed by atoms with Crippen LogP contribution in [0.5, 0.6) is 0 Å². The minimum Gasteiger partial charge on any atom is -0.463 e. The Morgan fingerprint density at radius 2 is 1.25 bits per heavy atom. The molecule has 0 aromatic heterocycles. The fourth-order valence-corrected chi connectivity index (χ4v) is 5.20. The molecule has 0 bridgehead atoms. The summed E-state index contributed by atoms with van der Waals surface area (Å²) in [6.07, 6.45) is 30.9. The first-order valence-corrected chi connectivity index (χ1v) is 18.8. The average molecular weight is 646 g/mol. The third kappa shape index (κ3) is 31.9. The van der Waals surface area contributed by atoms with Crippen molar-refractivity contribution in [1.29, 1.82) is 0 Å². The van der Waals surface area contributed by atoms with Crippen molar-refractivity contribution in [3.05, 3.63) is 24.3 Å². The monoisotopic (exact) mass is 645 g/mol. The molecule has 0 saturated carbocycles. The Labute approximate surface area is 268 Å². The van der Waals surface area contributed by atoms with Crippen LogP contribution in [-0.4, -0.2) is 54.3 Å². The third-order valence-corrected chi connectivity index (χ3v) is 8.12. The summed E-state index contributed by atoms with van der Waals surface area (Å²) in [6.45, 7) is 3.23. The van der Waals surface area contributed by atoms with Crippen molar-refractivity contribution >= 4 is 19.7 Å². The zero-order valence-corrected chi connectivity index (χ0v) is 28.7. The Kier molecular flexibility index (Phi) is 30.4. The molecule has 0 spiro atoms. The van der Waals surface area contributed by atoms with Crippen LogP contribution in [0.3, 0.4) is 0 Å². The van der Waals surface area contributed by atoms with Gasteiger partial charge in [-0.1, -0.05) is 115 Å². The summed E-state index contributed by atoms with van der Waals surface area (Å²) < 4.78 is 26.3. The Morgan fingerprint density at radius 1 is 0.705 bits per heavy atom. The number of aliphatic hydroxyl groups excluding tert-OH is 1. The van der Waals surface area contributed by atoms with Crippen LogP contribution in [0.2, 0.25) is 0 Å². The number of hydrogen-bond donors (Lipinski definition) is 3. The smallest absolute Gasteiger partial charge is 0.463 e. The Morgan fingerprint density at radius 3 is 1.84 bits per heavy atom. The van der Waals surface area contributed by atoms with Gasteiger partial charge in [-0.05, 0) is 44.9 Å². The predicted molar refractivity (Wildman–Crippen MR) is 178 cm³/mol. The molecule has 10 heteroatoms. The first-order chi connectivity index (χ1) is 21.3. The summed E-state index contributed by atoms with van der Waals surface area (Å²) in [7, 11) is -4.39. The molecule has 0 aliphatic rings. The number of phosphoric ester groups is 1. The normalized spacial score (nSPS) is 13.8. The van der Waals surface area contributed by atoms with Crippen LogP contribution >= 0.6 is 7.82 Å². The first-order valence-electron chi connectivity index (χ1n) is 17.3. The van der Waals surface area contributed by atoms with E-state index in [9.17, 15) is 24.2 Å². The van der Waals surface area contributed by atoms with Gasteiger partial charge in [0.05, 0.1) is 13.2 Å². The number of unbranched alkanes of at least 4 members (excludes halogenated alkanes) is 15. The van der Waals surface area contributed by atoms with Gasteiger partial charge in [-0.25, -0.2) is 4.57 Å². The molecule has 258 valence electrons. The molecule has 2 unspecified atom stereocenters. The maximum absolute atomic E-state index is 12.0. The Balaban J connectivity index is 3.51. The molecule has 0 aromatic rings. The van der Waals surface area contributed by atoms with Gasteiger partial charge in [0.25, 0.3) is 0 Å². The number of hydrogen-bond acceptors (Lipinski definition) is 7. The van der Waals surface area contributed by atoms with Gasteiger partial charge in [-0.15, -0.1) is 0 Å². The lowest BCUT2D eigenvalue weighted by Crippen LogP contribution is -2.27. The van der Waals surface area contributed by atoms with Crippen LogP contribution < -0.4 is 5.32 Å². The van der Waals surface area contributed by atoms with Crippen LogP contribution in [0.15, 0.2) is 24.3 Å². The molecule has 1 amide bonds. The molecule has 0 aliphatic carbocycles. The van der Waals surface area contributed by atoms with Crippen molar-refractivity contribution in [2.24, 2.45) is 0 Å². The van der Waals surface area contributed by atoms with Crippen molar-refractivity contribution in [3.63, 3.8) is 0 Å². The highest BCUT2D eigenvalue weighted by Gasteiger charge is 2.23. The van der Waals surface area contributed by atoms with Gasteiger partial charge in [0.1, 0.15) is 12.7 Å². The van der Waals surface area contributed by atoms with Gasteiger partial charge >= 0.3 is 13.8 Å². The summed E-state index contributed by atoms with van der Waals surface area (Å²) in [5.74, 6) is -0.555. The lowest BCUT2D eigenvalue weighted by Gasteiger charge is -2.15. The van der Waals surface area contributed by atoms with Gasteiger partial charge in [-0.3, -0.25) is 18.6 Å². The number of carbonyl (C=O) groups excluding carboxylic acids is 2. The summed E-state index contributed by atoms with van der Waals surface area (Å²) in [5.41, 5.74) is 0. The van der Waals surface area contributed by atoms with Gasteiger partial charge in [0, 0.05) is 19.4 Å². The minimum absolute atomic E-state index is 0.0812. The van der Waals surface area contributed by atoms with E-state index in [4.69, 9.17) is 13.8 Å². The molecule has 0 radical (unpaired) electrons. The van der Waals surface area contributed by atoms with Crippen molar-refractivity contribution < 1.29 is 37.9 Å². The van der Waals surface area contributed by atoms with E-state index in [0.717, 1.165) is 32.1 Å². The van der Waals surface area contributed by atoms with Gasteiger partial charge in [0.15, 0.2) is 0 Å². The van der Waals surface area contributed by atoms with E-state index in [1.807, 2.05) is 6.92 Å². The third-order valence-electron chi connectivity index (χ3n) is 7.13. The van der Waals surface area contributed by atoms with Crippen molar-refractivity contribution in [1.82, 2.24) is 5.32 Å². The number of amides is 1. The number of aliphatic hydroxyl groups is 1. The predicted octanol–water partition coefficient (Wildman–Crippen LogP) is 8.48. The second-order valence-electron chi connectivity index (χ2n) is 11.5. The standard InChI is InChI=1S/C34H64NO8P/c1-3-5-7-8-9-10-11-12-13-14-15-16-17-18-19-20-21-22-23-24-25-26-33(37)35-28-29-42-44(39,40)43-31-32(36)30-41-34(38)27-6-4-2/h9-10,12-13,32,36H,3-8,11,14-31H2,1-2H3,(H,35,37)(H,39,40)/b10-9-,13-12-. The molecule has 9 nitrogen and oxygen atoms in total. The van der Waals surface area contributed by atoms with Crippen LogP contribution in [-0.2, 0) is 27.9 Å². The van der Waals surface area contributed by atoms with E-state index < -0.39 is 26.5 Å². The van der Waals surface area contributed by atoms with Crippen LogP contribution in [0, 0.1) is 0 Å². The number of carbonyl (C=O) groups is 2. The van der Waals surface area contributed by atoms with E-state index in [-0.39, 0.29) is 32.1 Å². The molecule has 0 fully saturated rings. The molecule has 0 saturated heterocycles. The zero-order valence-electron chi connectivity index (χ0n) is 27.9. The number of nitrogens with one attached hydrogen (secondary N) is 1. The fraction of sp³-hybridized carbons (Fsp3) is 0.824. The summed E-state index contributed by atoms with van der Waals surface area (Å²) in [4.78, 5) is 33.1. The maximum Gasteiger partial charge on any atom is 0.472 e. The first kappa shape index (κ1) is 42.5. The highest BCUT2D eigenvalue weighted by atomic mass is 31.2.